The Morgan fingerprint density at radius 1 is 0.941 bits per heavy atom. The molecule has 1 heterocycles. The van der Waals surface area contributed by atoms with Crippen molar-refractivity contribution in [1.29, 1.82) is 0 Å². The first-order valence-electron chi connectivity index (χ1n) is 11.3. The third-order valence-electron chi connectivity index (χ3n) is 5.74. The molecule has 0 atom stereocenters. The van der Waals surface area contributed by atoms with Gasteiger partial charge in [-0.2, -0.15) is 0 Å². The van der Waals surface area contributed by atoms with Crippen molar-refractivity contribution in [1.82, 2.24) is 5.32 Å². The molecule has 0 aromatic heterocycles. The summed E-state index contributed by atoms with van der Waals surface area (Å²) < 4.78 is 5.41. The predicted molar refractivity (Wildman–Crippen MR) is 132 cm³/mol. The Bertz CT molecular complexity index is 1180. The van der Waals surface area contributed by atoms with Gasteiger partial charge in [0.05, 0.1) is 19.3 Å². The van der Waals surface area contributed by atoms with Crippen molar-refractivity contribution in [3.05, 3.63) is 78.4 Å². The quantitative estimate of drug-likeness (QED) is 0.555. The van der Waals surface area contributed by atoms with Crippen LogP contribution in [-0.4, -0.2) is 37.9 Å². The fourth-order valence-electron chi connectivity index (χ4n) is 3.95. The Morgan fingerprint density at radius 2 is 1.68 bits per heavy atom. The number of carbonyl (C=O) groups excluding carboxylic acids is 3. The van der Waals surface area contributed by atoms with Gasteiger partial charge >= 0.3 is 0 Å². The lowest BCUT2D eigenvalue weighted by molar-refractivity contribution is -0.119. The third kappa shape index (κ3) is 5.43. The standard InChI is InChI=1S/C27H27N3O4/c1-34-24-15-14-22(17-23(24)30-16-6-5-9-26(30)32)29-25(31)18-28-27(33)21-12-10-20(11-13-21)19-7-3-2-4-8-19/h2-4,7-8,10-15,17H,5-6,9,16,18H2,1H3,(H,28,33)(H,29,31). The molecule has 3 amide bonds. The average molecular weight is 458 g/mol. The second-order valence-electron chi connectivity index (χ2n) is 8.06. The molecule has 3 aromatic rings. The molecule has 0 bridgehead atoms. The first-order chi connectivity index (χ1) is 16.5. The number of hydrogen-bond acceptors (Lipinski definition) is 4. The molecule has 2 N–H and O–H groups in total. The normalized spacial score (nSPS) is 13.3. The lowest BCUT2D eigenvalue weighted by Crippen LogP contribution is -2.35. The van der Waals surface area contributed by atoms with E-state index in [2.05, 4.69) is 10.6 Å². The van der Waals surface area contributed by atoms with Crippen molar-refractivity contribution in [2.75, 3.05) is 30.4 Å². The topological polar surface area (TPSA) is 87.7 Å². The van der Waals surface area contributed by atoms with Crippen LogP contribution in [0.1, 0.15) is 29.6 Å². The van der Waals surface area contributed by atoms with Gasteiger partial charge in [-0.3, -0.25) is 14.4 Å². The molecule has 0 unspecified atom stereocenters. The molecule has 34 heavy (non-hydrogen) atoms. The molecule has 1 saturated heterocycles. The SMILES string of the molecule is COc1ccc(NC(=O)CNC(=O)c2ccc(-c3ccccc3)cc2)cc1N1CCCCC1=O. The molecular formula is C27H27N3O4. The van der Waals surface area contributed by atoms with E-state index in [0.717, 1.165) is 24.0 Å². The largest absolute Gasteiger partial charge is 0.495 e. The van der Waals surface area contributed by atoms with E-state index in [0.29, 0.717) is 35.7 Å². The number of rotatable bonds is 7. The zero-order valence-electron chi connectivity index (χ0n) is 19.0. The summed E-state index contributed by atoms with van der Waals surface area (Å²) in [5.74, 6) is -0.0847. The summed E-state index contributed by atoms with van der Waals surface area (Å²) in [6, 6.07) is 22.3. The van der Waals surface area contributed by atoms with Gasteiger partial charge in [0.25, 0.3) is 5.91 Å². The van der Waals surface area contributed by atoms with Gasteiger partial charge in [-0.05, 0) is 54.3 Å². The summed E-state index contributed by atoms with van der Waals surface area (Å²) in [5, 5.41) is 5.42. The lowest BCUT2D eigenvalue weighted by Gasteiger charge is -2.28. The van der Waals surface area contributed by atoms with E-state index in [9.17, 15) is 14.4 Å². The molecular weight excluding hydrogens is 430 g/mol. The first-order valence-corrected chi connectivity index (χ1v) is 11.3. The monoisotopic (exact) mass is 457 g/mol. The molecule has 7 nitrogen and oxygen atoms in total. The molecule has 7 heteroatoms. The molecule has 1 aliphatic heterocycles. The average Bonchev–Trinajstić information content (AvgIpc) is 2.88. The van der Waals surface area contributed by atoms with Crippen LogP contribution in [0.2, 0.25) is 0 Å². The summed E-state index contributed by atoms with van der Waals surface area (Å²) >= 11 is 0. The van der Waals surface area contributed by atoms with E-state index in [4.69, 9.17) is 4.74 Å². The van der Waals surface area contributed by atoms with Crippen LogP contribution < -0.4 is 20.3 Å². The van der Waals surface area contributed by atoms with Crippen LogP contribution in [0.5, 0.6) is 5.75 Å². The highest BCUT2D eigenvalue weighted by atomic mass is 16.5. The number of piperidine rings is 1. The minimum Gasteiger partial charge on any atom is -0.495 e. The number of methoxy groups -OCH3 is 1. The second-order valence-corrected chi connectivity index (χ2v) is 8.06. The molecule has 174 valence electrons. The predicted octanol–water partition coefficient (Wildman–Crippen LogP) is 4.25. The molecule has 4 rings (SSSR count). The number of nitrogens with one attached hydrogen (secondary N) is 2. The number of ether oxygens (including phenoxy) is 1. The van der Waals surface area contributed by atoms with Gasteiger partial charge in [-0.25, -0.2) is 0 Å². The smallest absolute Gasteiger partial charge is 0.251 e. The van der Waals surface area contributed by atoms with Gasteiger partial charge in [0.2, 0.25) is 11.8 Å². The van der Waals surface area contributed by atoms with Crippen molar-refractivity contribution in [2.45, 2.75) is 19.3 Å². The van der Waals surface area contributed by atoms with Crippen molar-refractivity contribution in [2.24, 2.45) is 0 Å². The summed E-state index contributed by atoms with van der Waals surface area (Å²) in [6.45, 7) is 0.439. The minimum absolute atomic E-state index is 0.0403. The van der Waals surface area contributed by atoms with E-state index in [-0.39, 0.29) is 24.3 Å². The third-order valence-corrected chi connectivity index (χ3v) is 5.74. The zero-order chi connectivity index (χ0) is 23.9. The maximum Gasteiger partial charge on any atom is 0.251 e. The van der Waals surface area contributed by atoms with E-state index in [1.807, 2.05) is 42.5 Å². The Hall–Kier alpha value is -4.13. The molecule has 1 aliphatic rings. The number of amides is 3. The Kier molecular flexibility index (Phi) is 7.22. The van der Waals surface area contributed by atoms with Crippen LogP contribution in [0, 0.1) is 0 Å². The number of benzene rings is 3. The van der Waals surface area contributed by atoms with Crippen LogP contribution in [0.3, 0.4) is 0 Å². The van der Waals surface area contributed by atoms with Crippen LogP contribution in [-0.2, 0) is 9.59 Å². The van der Waals surface area contributed by atoms with E-state index >= 15 is 0 Å². The van der Waals surface area contributed by atoms with Gasteiger partial charge in [0.1, 0.15) is 5.75 Å². The van der Waals surface area contributed by atoms with Crippen molar-refractivity contribution < 1.29 is 19.1 Å². The Morgan fingerprint density at radius 3 is 2.38 bits per heavy atom. The van der Waals surface area contributed by atoms with E-state index in [1.54, 1.807) is 42.3 Å². The Labute approximate surface area is 198 Å². The van der Waals surface area contributed by atoms with Crippen LogP contribution >= 0.6 is 0 Å². The van der Waals surface area contributed by atoms with Crippen molar-refractivity contribution in [3.8, 4) is 16.9 Å². The van der Waals surface area contributed by atoms with Gasteiger partial charge in [-0.15, -0.1) is 0 Å². The molecule has 0 spiro atoms. The molecule has 0 saturated carbocycles. The first kappa shape index (κ1) is 23.0. The van der Waals surface area contributed by atoms with Gasteiger partial charge in [0, 0.05) is 24.2 Å². The minimum atomic E-state index is -0.365. The number of hydrogen-bond donors (Lipinski definition) is 2. The lowest BCUT2D eigenvalue weighted by atomic mass is 10.0. The fraction of sp³-hybridized carbons (Fsp3) is 0.222. The molecule has 3 aromatic carbocycles. The number of anilines is 2. The van der Waals surface area contributed by atoms with Crippen LogP contribution in [0.15, 0.2) is 72.8 Å². The highest BCUT2D eigenvalue weighted by Crippen LogP contribution is 2.33. The van der Waals surface area contributed by atoms with Crippen LogP contribution in [0.25, 0.3) is 11.1 Å². The second kappa shape index (κ2) is 10.7. The van der Waals surface area contributed by atoms with Crippen LogP contribution in [0.4, 0.5) is 11.4 Å². The van der Waals surface area contributed by atoms with Gasteiger partial charge in [0.15, 0.2) is 0 Å². The molecule has 0 aliphatic carbocycles. The summed E-state index contributed by atoms with van der Waals surface area (Å²) in [6.07, 6.45) is 2.30. The molecule has 0 radical (unpaired) electrons. The Balaban J connectivity index is 1.36. The van der Waals surface area contributed by atoms with E-state index in [1.165, 1.54) is 0 Å². The number of carbonyl (C=O) groups is 3. The van der Waals surface area contributed by atoms with Crippen molar-refractivity contribution >= 4 is 29.1 Å². The summed E-state index contributed by atoms with van der Waals surface area (Å²) in [7, 11) is 1.55. The fourth-order valence-corrected chi connectivity index (χ4v) is 3.95. The summed E-state index contributed by atoms with van der Waals surface area (Å²) in [5.41, 5.74) is 3.72. The van der Waals surface area contributed by atoms with Gasteiger partial charge in [-0.1, -0.05) is 42.5 Å². The number of nitrogens with zero attached hydrogens (tertiary/aromatic N) is 1. The van der Waals surface area contributed by atoms with Crippen molar-refractivity contribution in [3.63, 3.8) is 0 Å². The zero-order valence-corrected chi connectivity index (χ0v) is 19.0. The highest BCUT2D eigenvalue weighted by molar-refractivity contribution is 6.00. The highest BCUT2D eigenvalue weighted by Gasteiger charge is 2.23. The molecule has 1 fully saturated rings. The van der Waals surface area contributed by atoms with E-state index < -0.39 is 0 Å². The van der Waals surface area contributed by atoms with Gasteiger partial charge < -0.3 is 20.3 Å². The maximum atomic E-state index is 12.5. The summed E-state index contributed by atoms with van der Waals surface area (Å²) in [4.78, 5) is 39.0. The maximum absolute atomic E-state index is 12.5.